The van der Waals surface area contributed by atoms with E-state index < -0.39 is 10.0 Å². The van der Waals surface area contributed by atoms with E-state index in [0.717, 1.165) is 43.4 Å². The van der Waals surface area contributed by atoms with Gasteiger partial charge in [0.15, 0.2) is 5.78 Å². The largest absolute Gasteiger partial charge is 0.361 e. The maximum absolute atomic E-state index is 12.0. The smallest absolute Gasteiger partial charge is 0.238 e. The lowest BCUT2D eigenvalue weighted by Gasteiger charge is -2.11. The Labute approximate surface area is 125 Å². The van der Waals surface area contributed by atoms with Crippen LogP contribution < -0.4 is 10.5 Å². The molecule has 0 radical (unpaired) electrons. The highest BCUT2D eigenvalue weighted by Crippen LogP contribution is 2.20. The number of sulfonamides is 1. The summed E-state index contributed by atoms with van der Waals surface area (Å²) in [6.45, 7) is 0. The molecule has 2 rings (SSSR count). The van der Waals surface area contributed by atoms with Gasteiger partial charge in [0.2, 0.25) is 10.0 Å². The number of anilines is 1. The van der Waals surface area contributed by atoms with Crippen LogP contribution in [0.1, 0.15) is 38.5 Å². The van der Waals surface area contributed by atoms with Crippen molar-refractivity contribution >= 4 is 21.5 Å². The number of benzene rings is 1. The minimum atomic E-state index is -3.67. The van der Waals surface area contributed by atoms with Crippen molar-refractivity contribution in [3.63, 3.8) is 0 Å². The minimum Gasteiger partial charge on any atom is -0.361 e. The normalized spacial score (nSPS) is 19.1. The van der Waals surface area contributed by atoms with Crippen molar-refractivity contribution in [3.05, 3.63) is 36.0 Å². The number of carbonyl (C=O) groups is 1. The van der Waals surface area contributed by atoms with E-state index in [2.05, 4.69) is 5.32 Å². The molecule has 0 spiro atoms. The highest BCUT2D eigenvalue weighted by Gasteiger charge is 2.12. The fourth-order valence-corrected chi connectivity index (χ4v) is 2.83. The van der Waals surface area contributed by atoms with Gasteiger partial charge in [-0.1, -0.05) is 12.8 Å². The molecular formula is C15H20N2O3S. The Bertz CT molecular complexity index is 633. The average Bonchev–Trinajstić information content (AvgIpc) is 2.42. The maximum atomic E-state index is 12.0. The van der Waals surface area contributed by atoms with Crippen molar-refractivity contribution in [1.82, 2.24) is 0 Å². The van der Waals surface area contributed by atoms with E-state index in [9.17, 15) is 13.2 Å². The Hall–Kier alpha value is -1.66. The number of nitrogens with one attached hydrogen (secondary N) is 1. The van der Waals surface area contributed by atoms with Gasteiger partial charge in [0, 0.05) is 23.9 Å². The monoisotopic (exact) mass is 308 g/mol. The molecule has 1 aliphatic rings. The second-order valence-electron chi connectivity index (χ2n) is 5.22. The highest BCUT2D eigenvalue weighted by atomic mass is 32.2. The van der Waals surface area contributed by atoms with Crippen molar-refractivity contribution in [2.45, 2.75) is 43.4 Å². The molecule has 1 aromatic carbocycles. The fraction of sp³-hybridized carbons (Fsp3) is 0.400. The van der Waals surface area contributed by atoms with E-state index in [1.54, 1.807) is 18.3 Å². The first kappa shape index (κ1) is 15.7. The lowest BCUT2D eigenvalue weighted by molar-refractivity contribution is -0.116. The third-order valence-electron chi connectivity index (χ3n) is 3.55. The van der Waals surface area contributed by atoms with Crippen LogP contribution in [0.2, 0.25) is 0 Å². The van der Waals surface area contributed by atoms with Crippen molar-refractivity contribution in [3.8, 4) is 0 Å². The summed E-state index contributed by atoms with van der Waals surface area (Å²) < 4.78 is 22.3. The van der Waals surface area contributed by atoms with Crippen LogP contribution in [0.15, 0.2) is 40.9 Å². The van der Waals surface area contributed by atoms with E-state index in [0.29, 0.717) is 6.42 Å². The molecule has 0 atom stereocenters. The Kier molecular flexibility index (Phi) is 5.14. The first-order valence-corrected chi connectivity index (χ1v) is 8.63. The quantitative estimate of drug-likeness (QED) is 0.840. The molecule has 0 unspecified atom stereocenters. The van der Waals surface area contributed by atoms with Crippen LogP contribution in [0.25, 0.3) is 0 Å². The third kappa shape index (κ3) is 4.68. The first-order chi connectivity index (χ1) is 9.97. The molecule has 0 amide bonds. The molecule has 0 aromatic heterocycles. The van der Waals surface area contributed by atoms with Crippen LogP contribution in [-0.4, -0.2) is 14.2 Å². The predicted octanol–water partition coefficient (Wildman–Crippen LogP) is 2.55. The average molecular weight is 308 g/mol. The number of carbonyl (C=O) groups excluding carboxylic acids is 1. The number of ketones is 1. The first-order valence-electron chi connectivity index (χ1n) is 7.08. The van der Waals surface area contributed by atoms with Gasteiger partial charge in [-0.2, -0.15) is 0 Å². The van der Waals surface area contributed by atoms with Crippen LogP contribution in [0, 0.1) is 0 Å². The predicted molar refractivity (Wildman–Crippen MR) is 82.2 cm³/mol. The molecule has 114 valence electrons. The highest BCUT2D eigenvalue weighted by molar-refractivity contribution is 7.89. The van der Waals surface area contributed by atoms with Gasteiger partial charge in [-0.3, -0.25) is 4.79 Å². The number of primary sulfonamides is 1. The maximum Gasteiger partial charge on any atom is 0.238 e. The van der Waals surface area contributed by atoms with E-state index in [1.807, 2.05) is 0 Å². The number of rotatable bonds is 3. The van der Waals surface area contributed by atoms with Crippen molar-refractivity contribution < 1.29 is 13.2 Å². The molecule has 1 aliphatic carbocycles. The number of nitrogens with two attached hydrogens (primary N) is 1. The molecule has 3 N–H and O–H groups in total. The number of Topliss-reactive ketones (excluding diaryl/α,β-unsaturated/α-hetero) is 1. The molecule has 6 heteroatoms. The zero-order valence-electron chi connectivity index (χ0n) is 11.8. The van der Waals surface area contributed by atoms with Crippen molar-refractivity contribution in [1.29, 1.82) is 0 Å². The van der Waals surface area contributed by atoms with Crippen LogP contribution in [0.4, 0.5) is 5.69 Å². The zero-order valence-corrected chi connectivity index (χ0v) is 12.7. The van der Waals surface area contributed by atoms with Gasteiger partial charge in [-0.05, 0) is 43.5 Å². The number of hydrogen-bond donors (Lipinski definition) is 2. The lowest BCUT2D eigenvalue weighted by atomic mass is 9.96. The van der Waals surface area contributed by atoms with Gasteiger partial charge >= 0.3 is 0 Å². The molecule has 0 aliphatic heterocycles. The van der Waals surface area contributed by atoms with E-state index >= 15 is 0 Å². The zero-order chi connectivity index (χ0) is 15.3. The summed E-state index contributed by atoms with van der Waals surface area (Å²) in [5.41, 5.74) is 1.54. The van der Waals surface area contributed by atoms with Gasteiger partial charge in [-0.25, -0.2) is 13.6 Å². The van der Waals surface area contributed by atoms with Gasteiger partial charge in [0.05, 0.1) is 4.90 Å². The molecule has 21 heavy (non-hydrogen) atoms. The molecule has 0 saturated heterocycles. The molecule has 0 heterocycles. The summed E-state index contributed by atoms with van der Waals surface area (Å²) in [5.74, 6) is 0.198. The molecule has 0 bridgehead atoms. The molecule has 5 nitrogen and oxygen atoms in total. The van der Waals surface area contributed by atoms with E-state index in [4.69, 9.17) is 5.14 Å². The SMILES string of the molecule is NS(=O)(=O)c1ccc(N/C=C2\CCCCCCC2=O)cc1. The van der Waals surface area contributed by atoms with Crippen LogP contribution in [0.5, 0.6) is 0 Å². The summed E-state index contributed by atoms with van der Waals surface area (Å²) in [6, 6.07) is 6.14. The topological polar surface area (TPSA) is 89.3 Å². The lowest BCUT2D eigenvalue weighted by Crippen LogP contribution is -2.11. The summed E-state index contributed by atoms with van der Waals surface area (Å²) in [7, 11) is -3.67. The number of allylic oxidation sites excluding steroid dienone is 1. The van der Waals surface area contributed by atoms with Crippen LogP contribution >= 0.6 is 0 Å². The second-order valence-corrected chi connectivity index (χ2v) is 6.78. The fourth-order valence-electron chi connectivity index (χ4n) is 2.32. The van der Waals surface area contributed by atoms with Gasteiger partial charge < -0.3 is 5.32 Å². The summed E-state index contributed by atoms with van der Waals surface area (Å²) >= 11 is 0. The Morgan fingerprint density at radius 2 is 1.62 bits per heavy atom. The Balaban J connectivity index is 2.06. The molecule has 1 aromatic rings. The molecular weight excluding hydrogens is 288 g/mol. The second kappa shape index (κ2) is 6.87. The molecule has 1 saturated carbocycles. The summed E-state index contributed by atoms with van der Waals surface area (Å²) in [6.07, 6.45) is 7.41. The van der Waals surface area contributed by atoms with Crippen molar-refractivity contribution in [2.75, 3.05) is 5.32 Å². The van der Waals surface area contributed by atoms with Crippen molar-refractivity contribution in [2.24, 2.45) is 5.14 Å². The Morgan fingerprint density at radius 1 is 1.00 bits per heavy atom. The standard InChI is InChI=1S/C15H20N2O3S/c16-21(19,20)14-9-7-13(8-10-14)17-11-12-5-3-1-2-4-6-15(12)18/h7-11,17H,1-6H2,(H2,16,19,20)/b12-11+. The van der Waals surface area contributed by atoms with Gasteiger partial charge in [0.1, 0.15) is 0 Å². The molecule has 1 fully saturated rings. The van der Waals surface area contributed by atoms with Crippen LogP contribution in [-0.2, 0) is 14.8 Å². The Morgan fingerprint density at radius 3 is 2.24 bits per heavy atom. The summed E-state index contributed by atoms with van der Waals surface area (Å²) in [5, 5.41) is 8.10. The summed E-state index contributed by atoms with van der Waals surface area (Å²) in [4.78, 5) is 12.0. The minimum absolute atomic E-state index is 0.0720. The number of hydrogen-bond acceptors (Lipinski definition) is 4. The van der Waals surface area contributed by atoms with Gasteiger partial charge in [-0.15, -0.1) is 0 Å². The van der Waals surface area contributed by atoms with E-state index in [1.165, 1.54) is 12.1 Å². The van der Waals surface area contributed by atoms with Gasteiger partial charge in [0.25, 0.3) is 0 Å². The van der Waals surface area contributed by atoms with Crippen LogP contribution in [0.3, 0.4) is 0 Å². The third-order valence-corrected chi connectivity index (χ3v) is 4.48. The van der Waals surface area contributed by atoms with E-state index in [-0.39, 0.29) is 10.7 Å².